The zero-order chi connectivity index (χ0) is 16.9. The van der Waals surface area contributed by atoms with Crippen molar-refractivity contribution < 1.29 is 13.6 Å². The highest BCUT2D eigenvalue weighted by atomic mass is 19.1. The molecule has 3 rings (SSSR count). The summed E-state index contributed by atoms with van der Waals surface area (Å²) in [6.45, 7) is 1.54. The zero-order valence-electron chi connectivity index (χ0n) is 13.8. The molecule has 0 saturated carbocycles. The summed E-state index contributed by atoms with van der Waals surface area (Å²) >= 11 is 0. The van der Waals surface area contributed by atoms with Crippen molar-refractivity contribution >= 4 is 5.91 Å². The molecule has 1 N–H and O–H groups in total. The number of furan rings is 1. The predicted octanol–water partition coefficient (Wildman–Crippen LogP) is 1.67. The third-order valence-corrected chi connectivity index (χ3v) is 4.38. The van der Waals surface area contributed by atoms with Gasteiger partial charge in [0, 0.05) is 50.9 Å². The van der Waals surface area contributed by atoms with Gasteiger partial charge in [-0.3, -0.25) is 14.4 Å². The lowest BCUT2D eigenvalue weighted by Gasteiger charge is -2.23. The largest absolute Gasteiger partial charge is 0.472 e. The predicted molar refractivity (Wildman–Crippen MR) is 87.0 cm³/mol. The fourth-order valence-electron chi connectivity index (χ4n) is 3.13. The van der Waals surface area contributed by atoms with Crippen molar-refractivity contribution in [3.8, 4) is 0 Å². The second-order valence-corrected chi connectivity index (χ2v) is 6.37. The Kier molecular flexibility index (Phi) is 5.30. The van der Waals surface area contributed by atoms with E-state index >= 15 is 0 Å². The summed E-state index contributed by atoms with van der Waals surface area (Å²) in [7, 11) is 1.86. The Labute approximate surface area is 140 Å². The van der Waals surface area contributed by atoms with Crippen LogP contribution in [0.15, 0.2) is 35.4 Å². The zero-order valence-corrected chi connectivity index (χ0v) is 13.8. The van der Waals surface area contributed by atoms with Crippen LogP contribution in [0, 0.1) is 0 Å². The van der Waals surface area contributed by atoms with E-state index in [0.29, 0.717) is 38.9 Å². The number of alkyl halides is 1. The second kappa shape index (κ2) is 7.61. The average molecular weight is 334 g/mol. The molecule has 0 radical (unpaired) electrons. The van der Waals surface area contributed by atoms with Gasteiger partial charge in [0.15, 0.2) is 0 Å². The van der Waals surface area contributed by atoms with Crippen LogP contribution in [-0.4, -0.2) is 45.9 Å². The van der Waals surface area contributed by atoms with E-state index in [4.69, 9.17) is 4.42 Å². The van der Waals surface area contributed by atoms with Crippen molar-refractivity contribution in [2.24, 2.45) is 7.05 Å². The molecule has 0 bridgehead atoms. The molecule has 24 heavy (non-hydrogen) atoms. The van der Waals surface area contributed by atoms with Gasteiger partial charge >= 0.3 is 0 Å². The van der Waals surface area contributed by atoms with Gasteiger partial charge in [-0.1, -0.05) is 0 Å². The standard InChI is InChI=1S/C17H23FN4O2/c1-21-9-14(7-20-21)10-22-11-15(18)6-16(22)8-19-17(23)3-2-13-4-5-24-12-13/h4-5,7,9,12,15-16H,2-3,6,8,10-11H2,1H3,(H,19,23)/t15-,16-/m0/s1. The molecule has 0 spiro atoms. The number of hydrogen-bond donors (Lipinski definition) is 1. The number of aromatic nitrogens is 2. The molecule has 2 aromatic rings. The molecule has 7 heteroatoms. The number of carbonyl (C=O) groups is 1. The van der Waals surface area contributed by atoms with E-state index in [2.05, 4.69) is 15.3 Å². The maximum Gasteiger partial charge on any atom is 0.220 e. The molecule has 2 atom stereocenters. The fourth-order valence-corrected chi connectivity index (χ4v) is 3.13. The SMILES string of the molecule is Cn1cc(CN2C[C@@H](F)C[C@H]2CNC(=O)CCc2ccoc2)cn1. The number of hydrogen-bond acceptors (Lipinski definition) is 4. The summed E-state index contributed by atoms with van der Waals surface area (Å²) in [5.41, 5.74) is 2.07. The van der Waals surface area contributed by atoms with Crippen LogP contribution in [0.5, 0.6) is 0 Å². The first-order chi connectivity index (χ1) is 11.6. The van der Waals surface area contributed by atoms with E-state index in [9.17, 15) is 9.18 Å². The molecule has 1 fully saturated rings. The highest BCUT2D eigenvalue weighted by molar-refractivity contribution is 5.76. The Balaban J connectivity index is 1.46. The molecular formula is C17H23FN4O2. The van der Waals surface area contributed by atoms with Crippen LogP contribution in [-0.2, 0) is 24.8 Å². The fraction of sp³-hybridized carbons (Fsp3) is 0.529. The van der Waals surface area contributed by atoms with Gasteiger partial charge in [0.05, 0.1) is 18.7 Å². The van der Waals surface area contributed by atoms with Crippen LogP contribution in [0.1, 0.15) is 24.0 Å². The van der Waals surface area contributed by atoms with E-state index in [1.165, 1.54) is 0 Å². The van der Waals surface area contributed by atoms with Crippen LogP contribution in [0.2, 0.25) is 0 Å². The highest BCUT2D eigenvalue weighted by Gasteiger charge is 2.32. The monoisotopic (exact) mass is 334 g/mol. The third-order valence-electron chi connectivity index (χ3n) is 4.38. The summed E-state index contributed by atoms with van der Waals surface area (Å²) in [4.78, 5) is 14.1. The van der Waals surface area contributed by atoms with Gasteiger partial charge in [-0.05, 0) is 24.5 Å². The van der Waals surface area contributed by atoms with Crippen LogP contribution in [0.4, 0.5) is 4.39 Å². The number of nitrogens with one attached hydrogen (secondary N) is 1. The van der Waals surface area contributed by atoms with Crippen molar-refractivity contribution in [1.29, 1.82) is 0 Å². The van der Waals surface area contributed by atoms with Gasteiger partial charge in [0.1, 0.15) is 6.17 Å². The first-order valence-corrected chi connectivity index (χ1v) is 8.23. The molecular weight excluding hydrogens is 311 g/mol. The molecule has 130 valence electrons. The average Bonchev–Trinajstić information content (AvgIpc) is 3.26. The molecule has 0 unspecified atom stereocenters. The quantitative estimate of drug-likeness (QED) is 0.837. The van der Waals surface area contributed by atoms with Crippen molar-refractivity contribution in [2.45, 2.75) is 38.0 Å². The minimum absolute atomic E-state index is 0.0140. The minimum atomic E-state index is -0.838. The smallest absolute Gasteiger partial charge is 0.220 e. The maximum absolute atomic E-state index is 13.8. The number of aryl methyl sites for hydroxylation is 2. The van der Waals surface area contributed by atoms with Crippen molar-refractivity contribution in [1.82, 2.24) is 20.0 Å². The first-order valence-electron chi connectivity index (χ1n) is 8.23. The summed E-state index contributed by atoms with van der Waals surface area (Å²) in [6, 6.07) is 1.88. The van der Waals surface area contributed by atoms with E-state index in [1.807, 2.05) is 19.3 Å². The van der Waals surface area contributed by atoms with Gasteiger partial charge in [-0.2, -0.15) is 5.10 Å². The molecule has 0 aliphatic carbocycles. The minimum Gasteiger partial charge on any atom is -0.472 e. The molecule has 6 nitrogen and oxygen atoms in total. The van der Waals surface area contributed by atoms with Crippen molar-refractivity contribution in [2.75, 3.05) is 13.1 Å². The molecule has 2 aromatic heterocycles. The van der Waals surface area contributed by atoms with E-state index < -0.39 is 6.17 Å². The Morgan fingerprint density at radius 1 is 1.50 bits per heavy atom. The molecule has 3 heterocycles. The molecule has 1 aliphatic rings. The van der Waals surface area contributed by atoms with Crippen LogP contribution < -0.4 is 5.32 Å². The van der Waals surface area contributed by atoms with Gasteiger partial charge in [0.25, 0.3) is 0 Å². The molecule has 1 aliphatic heterocycles. The van der Waals surface area contributed by atoms with E-state index in [1.54, 1.807) is 23.4 Å². The number of amides is 1. The topological polar surface area (TPSA) is 63.3 Å². The number of likely N-dealkylation sites (tertiary alicyclic amines) is 1. The molecule has 1 amide bonds. The van der Waals surface area contributed by atoms with Crippen LogP contribution in [0.25, 0.3) is 0 Å². The Hall–Kier alpha value is -2.15. The summed E-state index contributed by atoms with van der Waals surface area (Å²) < 4.78 is 20.5. The summed E-state index contributed by atoms with van der Waals surface area (Å²) in [5.74, 6) is -0.0140. The van der Waals surface area contributed by atoms with Crippen molar-refractivity contribution in [3.63, 3.8) is 0 Å². The second-order valence-electron chi connectivity index (χ2n) is 6.37. The van der Waals surface area contributed by atoms with Gasteiger partial charge in [-0.15, -0.1) is 0 Å². The van der Waals surface area contributed by atoms with Crippen molar-refractivity contribution in [3.05, 3.63) is 42.1 Å². The van der Waals surface area contributed by atoms with E-state index in [-0.39, 0.29) is 11.9 Å². The maximum atomic E-state index is 13.8. The lowest BCUT2D eigenvalue weighted by Crippen LogP contribution is -2.39. The van der Waals surface area contributed by atoms with Crippen LogP contribution in [0.3, 0.4) is 0 Å². The number of halogens is 1. The molecule has 1 saturated heterocycles. The Morgan fingerprint density at radius 2 is 2.38 bits per heavy atom. The Bertz CT molecular complexity index is 655. The van der Waals surface area contributed by atoms with E-state index in [0.717, 1.165) is 11.1 Å². The first kappa shape index (κ1) is 16.7. The van der Waals surface area contributed by atoms with Gasteiger partial charge in [0.2, 0.25) is 5.91 Å². The third kappa shape index (κ3) is 4.44. The lowest BCUT2D eigenvalue weighted by atomic mass is 10.1. The number of carbonyl (C=O) groups excluding carboxylic acids is 1. The lowest BCUT2D eigenvalue weighted by molar-refractivity contribution is -0.121. The summed E-state index contributed by atoms with van der Waals surface area (Å²) in [6.07, 6.45) is 7.67. The Morgan fingerprint density at radius 3 is 3.08 bits per heavy atom. The summed E-state index contributed by atoms with van der Waals surface area (Å²) in [5, 5.41) is 7.07. The number of rotatable bonds is 7. The number of nitrogens with zero attached hydrogens (tertiary/aromatic N) is 3. The normalized spacial score (nSPS) is 21.2. The van der Waals surface area contributed by atoms with Crippen LogP contribution >= 0.6 is 0 Å². The van der Waals surface area contributed by atoms with Gasteiger partial charge in [-0.25, -0.2) is 4.39 Å². The molecule has 0 aromatic carbocycles. The highest BCUT2D eigenvalue weighted by Crippen LogP contribution is 2.22. The van der Waals surface area contributed by atoms with Gasteiger partial charge < -0.3 is 9.73 Å².